The number of hydrogen-bond donors (Lipinski definition) is 1. The van der Waals surface area contributed by atoms with E-state index in [9.17, 15) is 14.0 Å². The minimum Gasteiger partial charge on any atom is -0.481 e. The topological polar surface area (TPSA) is 70.5 Å². The molecule has 1 fully saturated rings. The van der Waals surface area contributed by atoms with Crippen LogP contribution in [-0.4, -0.2) is 28.5 Å². The normalized spacial score (nSPS) is 20.2. The molecule has 1 aliphatic heterocycles. The summed E-state index contributed by atoms with van der Waals surface area (Å²) in [5.74, 6) is -2.22. The Balaban J connectivity index is 2.20. The van der Waals surface area contributed by atoms with Crippen LogP contribution < -0.4 is 4.90 Å². The number of pyridine rings is 1. The molecule has 1 atom stereocenters. The van der Waals surface area contributed by atoms with E-state index in [1.807, 2.05) is 0 Å². The highest BCUT2D eigenvalue weighted by Gasteiger charge is 2.35. The molecule has 1 N–H and O–H groups in total. The van der Waals surface area contributed by atoms with Crippen molar-refractivity contribution >= 4 is 17.7 Å². The molecule has 16 heavy (non-hydrogen) atoms. The van der Waals surface area contributed by atoms with Crippen LogP contribution >= 0.6 is 0 Å². The Bertz CT molecular complexity index is 432. The van der Waals surface area contributed by atoms with E-state index in [2.05, 4.69) is 4.98 Å². The number of halogens is 1. The molecule has 84 valence electrons. The largest absolute Gasteiger partial charge is 0.481 e. The molecule has 5 nitrogen and oxygen atoms in total. The summed E-state index contributed by atoms with van der Waals surface area (Å²) < 4.78 is 12.6. The molecular formula is C10H9FN2O3. The Morgan fingerprint density at radius 1 is 1.56 bits per heavy atom. The van der Waals surface area contributed by atoms with Crippen molar-refractivity contribution in [3.8, 4) is 0 Å². The maximum absolute atomic E-state index is 12.6. The lowest BCUT2D eigenvalue weighted by Gasteiger charge is -2.14. The average molecular weight is 224 g/mol. The number of carbonyl (C=O) groups is 2. The van der Waals surface area contributed by atoms with E-state index in [0.717, 1.165) is 6.20 Å². The van der Waals surface area contributed by atoms with Crippen molar-refractivity contribution in [2.45, 2.75) is 6.42 Å². The van der Waals surface area contributed by atoms with Crippen molar-refractivity contribution in [2.24, 2.45) is 5.92 Å². The van der Waals surface area contributed by atoms with Crippen molar-refractivity contribution < 1.29 is 19.1 Å². The van der Waals surface area contributed by atoms with Gasteiger partial charge in [-0.05, 0) is 12.1 Å². The average Bonchev–Trinajstić information content (AvgIpc) is 2.62. The second-order valence-corrected chi connectivity index (χ2v) is 3.58. The van der Waals surface area contributed by atoms with Crippen LogP contribution in [0.3, 0.4) is 0 Å². The lowest BCUT2D eigenvalue weighted by Crippen LogP contribution is -2.26. The van der Waals surface area contributed by atoms with Gasteiger partial charge in [0.2, 0.25) is 5.91 Å². The van der Waals surface area contributed by atoms with Crippen LogP contribution in [0.15, 0.2) is 18.3 Å². The van der Waals surface area contributed by atoms with Gasteiger partial charge in [0.1, 0.15) is 11.6 Å². The van der Waals surface area contributed by atoms with Crippen molar-refractivity contribution in [1.82, 2.24) is 4.98 Å². The van der Waals surface area contributed by atoms with Crippen LogP contribution in [0.25, 0.3) is 0 Å². The highest BCUT2D eigenvalue weighted by Crippen LogP contribution is 2.23. The molecule has 1 aromatic heterocycles. The molecular weight excluding hydrogens is 215 g/mol. The second-order valence-electron chi connectivity index (χ2n) is 3.58. The van der Waals surface area contributed by atoms with E-state index in [1.54, 1.807) is 0 Å². The molecule has 1 aliphatic rings. The first-order chi connectivity index (χ1) is 7.58. The summed E-state index contributed by atoms with van der Waals surface area (Å²) in [6.45, 7) is 0.0901. The molecule has 0 aromatic carbocycles. The van der Waals surface area contributed by atoms with Gasteiger partial charge in [-0.25, -0.2) is 9.37 Å². The van der Waals surface area contributed by atoms with Gasteiger partial charge in [-0.15, -0.1) is 0 Å². The SMILES string of the molecule is O=C(O)C1CC(=O)N(c2ccc(F)cn2)C1. The number of nitrogens with zero attached hydrogens (tertiary/aromatic N) is 2. The summed E-state index contributed by atoms with van der Waals surface area (Å²) in [5.41, 5.74) is 0. The highest BCUT2D eigenvalue weighted by molar-refractivity contribution is 5.98. The number of aromatic nitrogens is 1. The van der Waals surface area contributed by atoms with Crippen molar-refractivity contribution in [1.29, 1.82) is 0 Å². The monoisotopic (exact) mass is 224 g/mol. The molecule has 0 aliphatic carbocycles. The number of carboxylic acids is 1. The molecule has 1 aromatic rings. The third kappa shape index (κ3) is 1.86. The highest BCUT2D eigenvalue weighted by atomic mass is 19.1. The summed E-state index contributed by atoms with van der Waals surface area (Å²) in [6, 6.07) is 2.54. The predicted molar refractivity (Wildman–Crippen MR) is 52.3 cm³/mol. The third-order valence-corrected chi connectivity index (χ3v) is 2.46. The summed E-state index contributed by atoms with van der Waals surface area (Å²) in [4.78, 5) is 27.2. The maximum Gasteiger partial charge on any atom is 0.308 e. The van der Waals surface area contributed by atoms with E-state index >= 15 is 0 Å². The lowest BCUT2D eigenvalue weighted by molar-refractivity contribution is -0.141. The minimum absolute atomic E-state index is 0.0333. The van der Waals surface area contributed by atoms with Crippen molar-refractivity contribution in [3.63, 3.8) is 0 Å². The van der Waals surface area contributed by atoms with Crippen LogP contribution in [0.5, 0.6) is 0 Å². The first kappa shape index (κ1) is 10.5. The molecule has 0 bridgehead atoms. The van der Waals surface area contributed by atoms with Gasteiger partial charge in [0.25, 0.3) is 0 Å². The zero-order chi connectivity index (χ0) is 11.7. The zero-order valence-corrected chi connectivity index (χ0v) is 8.26. The molecule has 1 unspecified atom stereocenters. The number of anilines is 1. The van der Waals surface area contributed by atoms with Gasteiger partial charge in [-0.2, -0.15) is 0 Å². The van der Waals surface area contributed by atoms with Gasteiger partial charge >= 0.3 is 5.97 Å². The van der Waals surface area contributed by atoms with E-state index in [-0.39, 0.29) is 24.7 Å². The zero-order valence-electron chi connectivity index (χ0n) is 8.26. The van der Waals surface area contributed by atoms with Crippen LogP contribution in [0, 0.1) is 11.7 Å². The molecule has 2 heterocycles. The third-order valence-electron chi connectivity index (χ3n) is 2.46. The fourth-order valence-electron chi connectivity index (χ4n) is 1.62. The molecule has 0 spiro atoms. The number of hydrogen-bond acceptors (Lipinski definition) is 3. The summed E-state index contributed by atoms with van der Waals surface area (Å²) in [7, 11) is 0. The van der Waals surface area contributed by atoms with Gasteiger partial charge in [0.05, 0.1) is 12.1 Å². The number of aliphatic carboxylic acids is 1. The molecule has 0 radical (unpaired) electrons. The second kappa shape index (κ2) is 3.88. The lowest BCUT2D eigenvalue weighted by atomic mass is 10.1. The van der Waals surface area contributed by atoms with Crippen molar-refractivity contribution in [3.05, 3.63) is 24.1 Å². The summed E-state index contributed by atoms with van der Waals surface area (Å²) in [5, 5.41) is 8.78. The van der Waals surface area contributed by atoms with Crippen LogP contribution in [0.2, 0.25) is 0 Å². The maximum atomic E-state index is 12.6. The van der Waals surface area contributed by atoms with E-state index in [4.69, 9.17) is 5.11 Å². The van der Waals surface area contributed by atoms with Gasteiger partial charge in [-0.3, -0.25) is 14.5 Å². The Labute approximate surface area is 90.5 Å². The standard InChI is InChI=1S/C10H9FN2O3/c11-7-1-2-8(12-4-7)13-5-6(10(15)16)3-9(13)14/h1-2,4,6H,3,5H2,(H,15,16). The smallest absolute Gasteiger partial charge is 0.308 e. The fourth-order valence-corrected chi connectivity index (χ4v) is 1.62. The van der Waals surface area contributed by atoms with Crippen LogP contribution in [-0.2, 0) is 9.59 Å². The Kier molecular flexibility index (Phi) is 2.55. The molecule has 2 rings (SSSR count). The predicted octanol–water partition coefficient (Wildman–Crippen LogP) is 0.658. The molecule has 6 heteroatoms. The number of amides is 1. The number of carboxylic acid groups (broad SMARTS) is 1. The quantitative estimate of drug-likeness (QED) is 0.801. The Morgan fingerprint density at radius 2 is 2.31 bits per heavy atom. The Hall–Kier alpha value is -1.98. The van der Waals surface area contributed by atoms with Gasteiger partial charge < -0.3 is 5.11 Å². The van der Waals surface area contributed by atoms with E-state index in [0.29, 0.717) is 0 Å². The molecule has 1 saturated heterocycles. The van der Waals surface area contributed by atoms with Gasteiger partial charge in [-0.1, -0.05) is 0 Å². The minimum atomic E-state index is -1.00. The van der Waals surface area contributed by atoms with Crippen LogP contribution in [0.4, 0.5) is 10.2 Å². The first-order valence-corrected chi connectivity index (χ1v) is 4.72. The van der Waals surface area contributed by atoms with Crippen molar-refractivity contribution in [2.75, 3.05) is 11.4 Å². The Morgan fingerprint density at radius 3 is 2.81 bits per heavy atom. The summed E-state index contributed by atoms with van der Waals surface area (Å²) >= 11 is 0. The number of carbonyl (C=O) groups excluding carboxylic acids is 1. The van der Waals surface area contributed by atoms with Gasteiger partial charge in [0, 0.05) is 13.0 Å². The van der Waals surface area contributed by atoms with Gasteiger partial charge in [0.15, 0.2) is 0 Å². The fraction of sp³-hybridized carbons (Fsp3) is 0.300. The molecule has 0 saturated carbocycles. The number of rotatable bonds is 2. The molecule has 1 amide bonds. The first-order valence-electron chi connectivity index (χ1n) is 4.72. The van der Waals surface area contributed by atoms with Crippen LogP contribution in [0.1, 0.15) is 6.42 Å². The van der Waals surface area contributed by atoms with E-state index in [1.165, 1.54) is 17.0 Å². The van der Waals surface area contributed by atoms with E-state index < -0.39 is 17.7 Å². The summed E-state index contributed by atoms with van der Waals surface area (Å²) in [6.07, 6.45) is 0.963.